The molecule has 27 heavy (non-hydrogen) atoms. The molecule has 4 nitrogen and oxygen atoms in total. The van der Waals surface area contributed by atoms with Crippen LogP contribution in [0.3, 0.4) is 0 Å². The highest BCUT2D eigenvalue weighted by molar-refractivity contribution is 6.09. The third-order valence-corrected chi connectivity index (χ3v) is 6.01. The predicted molar refractivity (Wildman–Crippen MR) is 104 cm³/mol. The van der Waals surface area contributed by atoms with Gasteiger partial charge in [0.2, 0.25) is 5.60 Å². The Labute approximate surface area is 160 Å². The number of carbonyl (C=O) groups is 1. The number of hydrogen-bond acceptors (Lipinski definition) is 3. The van der Waals surface area contributed by atoms with E-state index < -0.39 is 5.60 Å². The van der Waals surface area contributed by atoms with Crippen LogP contribution in [-0.2, 0) is 15.1 Å². The summed E-state index contributed by atoms with van der Waals surface area (Å²) in [5.74, 6) is 0.927. The first kappa shape index (κ1) is 16.8. The summed E-state index contributed by atoms with van der Waals surface area (Å²) in [7, 11) is 0. The van der Waals surface area contributed by atoms with E-state index in [1.165, 1.54) is 19.3 Å². The van der Waals surface area contributed by atoms with Gasteiger partial charge in [-0.3, -0.25) is 4.79 Å². The number of ether oxygens (including phenoxy) is 2. The first-order valence-corrected chi connectivity index (χ1v) is 10.1. The van der Waals surface area contributed by atoms with Crippen molar-refractivity contribution >= 4 is 11.6 Å². The summed E-state index contributed by atoms with van der Waals surface area (Å²) in [5, 5.41) is 0. The van der Waals surface area contributed by atoms with E-state index in [2.05, 4.69) is 0 Å². The lowest BCUT2D eigenvalue weighted by atomic mass is 9.92. The first-order valence-electron chi connectivity index (χ1n) is 10.1. The normalized spacial score (nSPS) is 27.5. The van der Waals surface area contributed by atoms with E-state index in [4.69, 9.17) is 9.47 Å². The number of epoxide rings is 1. The summed E-state index contributed by atoms with van der Waals surface area (Å²) in [6, 6.07) is 16.1. The van der Waals surface area contributed by atoms with Gasteiger partial charge in [-0.15, -0.1) is 0 Å². The Morgan fingerprint density at radius 2 is 1.63 bits per heavy atom. The van der Waals surface area contributed by atoms with Gasteiger partial charge in [0, 0.05) is 17.7 Å². The van der Waals surface area contributed by atoms with Gasteiger partial charge in [0.15, 0.2) is 0 Å². The summed E-state index contributed by atoms with van der Waals surface area (Å²) >= 11 is 0. The van der Waals surface area contributed by atoms with Gasteiger partial charge >= 0.3 is 0 Å². The number of benzene rings is 2. The number of amides is 1. The minimum absolute atomic E-state index is 0.0818. The van der Waals surface area contributed by atoms with Gasteiger partial charge in [-0.25, -0.2) is 0 Å². The number of fused-ring (bicyclic) bond motifs is 5. The molecule has 0 N–H and O–H groups in total. The van der Waals surface area contributed by atoms with E-state index in [1.807, 2.05) is 53.4 Å². The van der Waals surface area contributed by atoms with E-state index in [0.717, 1.165) is 48.4 Å². The third-order valence-electron chi connectivity index (χ3n) is 6.01. The van der Waals surface area contributed by atoms with Gasteiger partial charge in [0.1, 0.15) is 11.9 Å². The molecule has 1 saturated heterocycles. The zero-order valence-corrected chi connectivity index (χ0v) is 15.5. The maximum Gasteiger partial charge on any atom is 0.267 e. The smallest absolute Gasteiger partial charge is 0.267 e. The van der Waals surface area contributed by atoms with Crippen LogP contribution in [0, 0.1) is 0 Å². The third kappa shape index (κ3) is 2.66. The molecule has 4 heteroatoms. The summed E-state index contributed by atoms with van der Waals surface area (Å²) in [6.07, 6.45) is 6.63. The Balaban J connectivity index is 1.55. The molecule has 1 amide bonds. The van der Waals surface area contributed by atoms with E-state index in [-0.39, 0.29) is 12.0 Å². The minimum atomic E-state index is -0.865. The van der Waals surface area contributed by atoms with Gasteiger partial charge in [-0.2, -0.15) is 0 Å². The number of nitrogens with zero attached hydrogens (tertiary/aromatic N) is 1. The van der Waals surface area contributed by atoms with E-state index in [0.29, 0.717) is 6.61 Å². The summed E-state index contributed by atoms with van der Waals surface area (Å²) < 4.78 is 12.3. The Hall–Kier alpha value is -2.33. The van der Waals surface area contributed by atoms with E-state index in [9.17, 15) is 4.79 Å². The fraction of sp³-hybridized carbons (Fsp3) is 0.435. The van der Waals surface area contributed by atoms with Crippen LogP contribution < -0.4 is 9.64 Å². The molecule has 5 rings (SSSR count). The quantitative estimate of drug-likeness (QED) is 0.635. The van der Waals surface area contributed by atoms with Gasteiger partial charge in [-0.1, -0.05) is 62.1 Å². The molecule has 140 valence electrons. The fourth-order valence-electron chi connectivity index (χ4n) is 4.56. The average Bonchev–Trinajstić information content (AvgIpc) is 3.40. The fourth-order valence-corrected chi connectivity index (χ4v) is 4.56. The highest BCUT2D eigenvalue weighted by Gasteiger charge is 2.70. The summed E-state index contributed by atoms with van der Waals surface area (Å²) in [6.45, 7) is 1.49. The monoisotopic (exact) mass is 363 g/mol. The van der Waals surface area contributed by atoms with Gasteiger partial charge < -0.3 is 14.4 Å². The van der Waals surface area contributed by atoms with Crippen LogP contribution in [0.4, 0.5) is 5.69 Å². The number of carbonyl (C=O) groups excluding carboxylic acids is 1. The molecular weight excluding hydrogens is 338 g/mol. The van der Waals surface area contributed by atoms with Crippen LogP contribution in [0.5, 0.6) is 5.75 Å². The molecule has 0 radical (unpaired) electrons. The molecule has 2 aromatic rings. The highest BCUT2D eigenvalue weighted by Crippen LogP contribution is 2.64. The van der Waals surface area contributed by atoms with Crippen molar-refractivity contribution in [3.8, 4) is 5.75 Å². The van der Waals surface area contributed by atoms with Gasteiger partial charge in [0.05, 0.1) is 12.3 Å². The van der Waals surface area contributed by atoms with Crippen LogP contribution >= 0.6 is 0 Å². The molecule has 0 unspecified atom stereocenters. The molecule has 1 spiro atoms. The van der Waals surface area contributed by atoms with Crippen LogP contribution in [-0.4, -0.2) is 19.1 Å². The summed E-state index contributed by atoms with van der Waals surface area (Å²) in [5.41, 5.74) is 2.13. The zero-order valence-electron chi connectivity index (χ0n) is 15.5. The second-order valence-electron chi connectivity index (χ2n) is 7.72. The van der Waals surface area contributed by atoms with Crippen molar-refractivity contribution in [1.82, 2.24) is 0 Å². The SMILES string of the molecule is O=C1N2CCCCCCCCOc3ccccc3[C@@H]3O[C@]13c1ccccc12. The highest BCUT2D eigenvalue weighted by atomic mass is 16.6. The van der Waals surface area contributed by atoms with E-state index in [1.54, 1.807) is 0 Å². The molecule has 1 fully saturated rings. The van der Waals surface area contributed by atoms with Crippen LogP contribution in [0.15, 0.2) is 48.5 Å². The lowest BCUT2D eigenvalue weighted by Gasteiger charge is -2.17. The second-order valence-corrected chi connectivity index (χ2v) is 7.72. The number of rotatable bonds is 0. The zero-order chi connectivity index (χ0) is 18.3. The molecule has 2 bridgehead atoms. The minimum Gasteiger partial charge on any atom is -0.493 e. The average molecular weight is 363 g/mol. The Kier molecular flexibility index (Phi) is 4.16. The largest absolute Gasteiger partial charge is 0.493 e. The van der Waals surface area contributed by atoms with Crippen LogP contribution in [0.1, 0.15) is 55.8 Å². The number of anilines is 1. The van der Waals surface area contributed by atoms with Crippen LogP contribution in [0.25, 0.3) is 0 Å². The first-order chi connectivity index (χ1) is 13.3. The topological polar surface area (TPSA) is 42.1 Å². The molecule has 0 aliphatic carbocycles. The Morgan fingerprint density at radius 3 is 2.56 bits per heavy atom. The molecule has 3 aliphatic heterocycles. The lowest BCUT2D eigenvalue weighted by Crippen LogP contribution is -2.34. The maximum absolute atomic E-state index is 13.4. The van der Waals surface area contributed by atoms with Crippen molar-refractivity contribution < 1.29 is 14.3 Å². The molecular formula is C23H25NO3. The molecule has 3 aliphatic rings. The summed E-state index contributed by atoms with van der Waals surface area (Å²) in [4.78, 5) is 15.4. The molecule has 0 saturated carbocycles. The molecule has 2 atom stereocenters. The van der Waals surface area contributed by atoms with Crippen molar-refractivity contribution in [3.05, 3.63) is 59.7 Å². The predicted octanol–water partition coefficient (Wildman–Crippen LogP) is 4.73. The standard InChI is InChI=1S/C23H25NO3/c25-22-23-18-12-6-7-13-19(18)24(22)15-9-3-1-2-4-10-16-26-20-14-8-5-11-17(20)21(23)27-23/h5-8,11-14,21H,1-4,9-10,15-16H2/t21-,23-/m0/s1. The Bertz CT molecular complexity index is 864. The van der Waals surface area contributed by atoms with Crippen LogP contribution in [0.2, 0.25) is 0 Å². The Morgan fingerprint density at radius 1 is 0.889 bits per heavy atom. The van der Waals surface area contributed by atoms with Gasteiger partial charge in [-0.05, 0) is 25.0 Å². The molecule has 2 aromatic carbocycles. The molecule has 3 heterocycles. The molecule has 0 aromatic heterocycles. The van der Waals surface area contributed by atoms with Crippen molar-refractivity contribution in [2.45, 2.75) is 50.2 Å². The maximum atomic E-state index is 13.4. The van der Waals surface area contributed by atoms with Gasteiger partial charge in [0.25, 0.3) is 5.91 Å². The van der Waals surface area contributed by atoms with Crippen molar-refractivity contribution in [3.63, 3.8) is 0 Å². The lowest BCUT2D eigenvalue weighted by molar-refractivity contribution is -0.123. The number of para-hydroxylation sites is 2. The van der Waals surface area contributed by atoms with E-state index >= 15 is 0 Å². The number of hydrogen-bond donors (Lipinski definition) is 0. The van der Waals surface area contributed by atoms with Crippen molar-refractivity contribution in [1.29, 1.82) is 0 Å². The van der Waals surface area contributed by atoms with Crippen molar-refractivity contribution in [2.24, 2.45) is 0 Å². The van der Waals surface area contributed by atoms with Crippen molar-refractivity contribution in [2.75, 3.05) is 18.1 Å². The second kappa shape index (κ2) is 6.68.